The molecule has 1 fully saturated rings. The van der Waals surface area contributed by atoms with Crippen LogP contribution in [0.25, 0.3) is 0 Å². The van der Waals surface area contributed by atoms with E-state index in [1.54, 1.807) is 24.3 Å². The largest absolute Gasteiger partial charge is 0.496 e. The second-order valence-electron chi connectivity index (χ2n) is 5.82. The molecule has 0 radical (unpaired) electrons. The van der Waals surface area contributed by atoms with E-state index in [2.05, 4.69) is 10.6 Å². The minimum atomic E-state index is -0.373. The number of rotatable bonds is 7. The number of primary amides is 1. The van der Waals surface area contributed by atoms with Crippen LogP contribution in [0.1, 0.15) is 36.0 Å². The molecule has 0 saturated heterocycles. The zero-order valence-electron chi connectivity index (χ0n) is 13.7. The molecule has 24 heavy (non-hydrogen) atoms. The number of para-hydroxylation sites is 1. The minimum Gasteiger partial charge on any atom is -0.496 e. The van der Waals surface area contributed by atoms with E-state index in [1.165, 1.54) is 7.11 Å². The lowest BCUT2D eigenvalue weighted by Gasteiger charge is -2.18. The molecule has 0 heterocycles. The fourth-order valence-electron chi connectivity index (χ4n) is 2.97. The molecule has 7 nitrogen and oxygen atoms in total. The number of methoxy groups -OCH3 is 1. The minimum absolute atomic E-state index is 0.142. The summed E-state index contributed by atoms with van der Waals surface area (Å²) in [7, 11) is 1.50. The third kappa shape index (κ3) is 4.47. The summed E-state index contributed by atoms with van der Waals surface area (Å²) in [5.41, 5.74) is 5.76. The predicted octanol–water partition coefficient (Wildman–Crippen LogP) is 0.585. The summed E-state index contributed by atoms with van der Waals surface area (Å²) in [6.45, 7) is 0.205. The smallest absolute Gasteiger partial charge is 0.255 e. The molecule has 2 rings (SSSR count). The molecule has 7 heteroatoms. The van der Waals surface area contributed by atoms with Crippen LogP contribution in [0.5, 0.6) is 5.75 Å². The lowest BCUT2D eigenvalue weighted by Crippen LogP contribution is -2.43. The standard InChI is InChI=1S/C17H23N3O4/c1-24-14-8-3-2-5-12(14)17(23)19-10-9-15(21)20-13-7-4-6-11(13)16(18)22/h2-3,5,8,11,13H,4,6-7,9-10H2,1H3,(H2,18,22)(H,19,23)(H,20,21)/t11-,13+/m0/s1. The van der Waals surface area contributed by atoms with Crippen molar-refractivity contribution in [3.05, 3.63) is 29.8 Å². The van der Waals surface area contributed by atoms with Crippen LogP contribution >= 0.6 is 0 Å². The number of nitrogens with two attached hydrogens (primary N) is 1. The first-order valence-corrected chi connectivity index (χ1v) is 8.03. The van der Waals surface area contributed by atoms with E-state index in [4.69, 9.17) is 10.5 Å². The number of benzene rings is 1. The fourth-order valence-corrected chi connectivity index (χ4v) is 2.97. The van der Waals surface area contributed by atoms with Crippen LogP contribution in [0.4, 0.5) is 0 Å². The fraction of sp³-hybridized carbons (Fsp3) is 0.471. The van der Waals surface area contributed by atoms with Gasteiger partial charge >= 0.3 is 0 Å². The first-order chi connectivity index (χ1) is 11.5. The van der Waals surface area contributed by atoms with Gasteiger partial charge in [-0.2, -0.15) is 0 Å². The maximum atomic E-state index is 12.1. The Hall–Kier alpha value is -2.57. The maximum Gasteiger partial charge on any atom is 0.255 e. The Morgan fingerprint density at radius 3 is 2.71 bits per heavy atom. The van der Waals surface area contributed by atoms with Crippen molar-refractivity contribution in [3.63, 3.8) is 0 Å². The molecule has 0 unspecified atom stereocenters. The van der Waals surface area contributed by atoms with E-state index in [9.17, 15) is 14.4 Å². The molecule has 2 atom stereocenters. The number of nitrogens with one attached hydrogen (secondary N) is 2. The monoisotopic (exact) mass is 333 g/mol. The maximum absolute atomic E-state index is 12.1. The van der Waals surface area contributed by atoms with Gasteiger partial charge in [-0.1, -0.05) is 18.6 Å². The molecule has 1 saturated carbocycles. The number of hydrogen-bond donors (Lipinski definition) is 3. The topological polar surface area (TPSA) is 111 Å². The third-order valence-electron chi connectivity index (χ3n) is 4.22. The van der Waals surface area contributed by atoms with Gasteiger partial charge in [0.15, 0.2) is 0 Å². The van der Waals surface area contributed by atoms with E-state index in [1.807, 2.05) is 0 Å². The summed E-state index contributed by atoms with van der Waals surface area (Å²) in [6, 6.07) is 6.68. The second-order valence-corrected chi connectivity index (χ2v) is 5.82. The summed E-state index contributed by atoms with van der Waals surface area (Å²) in [5.74, 6) is -0.682. The Balaban J connectivity index is 1.78. The van der Waals surface area contributed by atoms with Crippen LogP contribution in [0.2, 0.25) is 0 Å². The molecule has 1 aliphatic rings. The van der Waals surface area contributed by atoms with Gasteiger partial charge in [0.25, 0.3) is 5.91 Å². The van der Waals surface area contributed by atoms with Gasteiger partial charge in [-0.25, -0.2) is 0 Å². The molecule has 0 aliphatic heterocycles. The van der Waals surface area contributed by atoms with Gasteiger partial charge in [0.1, 0.15) is 5.75 Å². The van der Waals surface area contributed by atoms with Crippen molar-refractivity contribution in [2.75, 3.05) is 13.7 Å². The van der Waals surface area contributed by atoms with Gasteiger partial charge in [0, 0.05) is 19.0 Å². The number of amides is 3. The molecule has 1 aromatic rings. The van der Waals surface area contributed by atoms with Crippen molar-refractivity contribution in [1.82, 2.24) is 10.6 Å². The van der Waals surface area contributed by atoms with E-state index in [0.29, 0.717) is 17.7 Å². The van der Waals surface area contributed by atoms with Crippen LogP contribution in [0, 0.1) is 5.92 Å². The van der Waals surface area contributed by atoms with E-state index in [0.717, 1.165) is 12.8 Å². The van der Waals surface area contributed by atoms with Crippen molar-refractivity contribution < 1.29 is 19.1 Å². The molecular weight excluding hydrogens is 310 g/mol. The van der Waals surface area contributed by atoms with Crippen molar-refractivity contribution in [1.29, 1.82) is 0 Å². The SMILES string of the molecule is COc1ccccc1C(=O)NCCC(=O)N[C@@H]1CCC[C@@H]1C(N)=O. The van der Waals surface area contributed by atoms with Crippen molar-refractivity contribution >= 4 is 17.7 Å². The van der Waals surface area contributed by atoms with Gasteiger partial charge < -0.3 is 21.1 Å². The zero-order chi connectivity index (χ0) is 17.5. The summed E-state index contributed by atoms with van der Waals surface area (Å²) in [6.07, 6.45) is 2.49. The first kappa shape index (κ1) is 17.8. The van der Waals surface area contributed by atoms with Crippen molar-refractivity contribution in [2.45, 2.75) is 31.7 Å². The summed E-state index contributed by atoms with van der Waals surface area (Å²) in [5, 5.41) is 5.52. The van der Waals surface area contributed by atoms with Gasteiger partial charge in [-0.15, -0.1) is 0 Å². The molecule has 0 spiro atoms. The second kappa shape index (κ2) is 8.33. The predicted molar refractivity (Wildman–Crippen MR) is 88.4 cm³/mol. The Labute approximate surface area is 140 Å². The first-order valence-electron chi connectivity index (χ1n) is 8.03. The van der Waals surface area contributed by atoms with Gasteiger partial charge in [0.05, 0.1) is 18.6 Å². The molecule has 0 bridgehead atoms. The van der Waals surface area contributed by atoms with Crippen LogP contribution in [0.3, 0.4) is 0 Å². The van der Waals surface area contributed by atoms with Crippen molar-refractivity contribution in [3.8, 4) is 5.75 Å². The lowest BCUT2D eigenvalue weighted by atomic mass is 10.0. The molecule has 3 amide bonds. The average Bonchev–Trinajstić information content (AvgIpc) is 3.03. The highest BCUT2D eigenvalue weighted by atomic mass is 16.5. The summed E-state index contributed by atoms with van der Waals surface area (Å²) < 4.78 is 5.13. The molecule has 1 aromatic carbocycles. The highest BCUT2D eigenvalue weighted by molar-refractivity contribution is 5.97. The van der Waals surface area contributed by atoms with Crippen LogP contribution in [-0.2, 0) is 9.59 Å². The number of hydrogen-bond acceptors (Lipinski definition) is 4. The van der Waals surface area contributed by atoms with Crippen LogP contribution in [0.15, 0.2) is 24.3 Å². The third-order valence-corrected chi connectivity index (χ3v) is 4.22. The average molecular weight is 333 g/mol. The Bertz CT molecular complexity index is 618. The zero-order valence-corrected chi connectivity index (χ0v) is 13.7. The van der Waals surface area contributed by atoms with Crippen LogP contribution < -0.4 is 21.1 Å². The van der Waals surface area contributed by atoms with Crippen molar-refractivity contribution in [2.24, 2.45) is 11.7 Å². The summed E-state index contributed by atoms with van der Waals surface area (Å²) >= 11 is 0. The van der Waals surface area contributed by atoms with E-state index < -0.39 is 0 Å². The number of carbonyl (C=O) groups is 3. The highest BCUT2D eigenvalue weighted by Crippen LogP contribution is 2.25. The molecule has 1 aliphatic carbocycles. The summed E-state index contributed by atoms with van der Waals surface area (Å²) in [4.78, 5) is 35.4. The highest BCUT2D eigenvalue weighted by Gasteiger charge is 2.32. The molecule has 4 N–H and O–H groups in total. The Morgan fingerprint density at radius 2 is 2.00 bits per heavy atom. The van der Waals surface area contributed by atoms with E-state index >= 15 is 0 Å². The van der Waals surface area contributed by atoms with E-state index in [-0.39, 0.29) is 42.6 Å². The normalized spacial score (nSPS) is 19.5. The number of carbonyl (C=O) groups excluding carboxylic acids is 3. The molecule has 0 aromatic heterocycles. The van der Waals surface area contributed by atoms with Gasteiger partial charge in [0.2, 0.25) is 11.8 Å². The lowest BCUT2D eigenvalue weighted by molar-refractivity contribution is -0.124. The quantitative estimate of drug-likeness (QED) is 0.678. The molecular formula is C17H23N3O4. The Morgan fingerprint density at radius 1 is 1.25 bits per heavy atom. The Kier molecular flexibility index (Phi) is 6.17. The van der Waals surface area contributed by atoms with Gasteiger partial charge in [-0.05, 0) is 25.0 Å². The number of ether oxygens (including phenoxy) is 1. The van der Waals surface area contributed by atoms with Crippen LogP contribution in [-0.4, -0.2) is 37.4 Å². The molecule has 130 valence electrons. The van der Waals surface area contributed by atoms with Gasteiger partial charge in [-0.3, -0.25) is 14.4 Å².